The van der Waals surface area contributed by atoms with E-state index in [1.807, 2.05) is 6.07 Å². The number of hydrogen-bond acceptors (Lipinski definition) is 2. The number of ether oxygens (including phenoxy) is 1. The molecule has 0 aromatic heterocycles. The van der Waals surface area contributed by atoms with Crippen LogP contribution in [0, 0.1) is 5.82 Å². The summed E-state index contributed by atoms with van der Waals surface area (Å²) in [6, 6.07) is 6.77. The molecule has 0 radical (unpaired) electrons. The second kappa shape index (κ2) is 5.24. The summed E-state index contributed by atoms with van der Waals surface area (Å²) in [5.74, 6) is -0.179. The van der Waals surface area contributed by atoms with Gasteiger partial charge in [0.25, 0.3) is 0 Å². The quantitative estimate of drug-likeness (QED) is 0.823. The molecule has 2 rings (SSSR count). The van der Waals surface area contributed by atoms with Gasteiger partial charge in [0.05, 0.1) is 12.7 Å². The molecule has 1 fully saturated rings. The third-order valence-electron chi connectivity index (χ3n) is 2.68. The van der Waals surface area contributed by atoms with Crippen LogP contribution < -0.4 is 5.32 Å². The standard InChI is InChI=1S/C12H16FNO/c13-12-6-2-1-4-10(12)9-15-11-5-3-7-14-8-11/h1-2,4,6,11,14H,3,5,7-9H2/t11-/m1/s1. The van der Waals surface area contributed by atoms with Crippen LogP contribution in [0.2, 0.25) is 0 Å². The number of benzene rings is 1. The van der Waals surface area contributed by atoms with Gasteiger partial charge in [-0.3, -0.25) is 0 Å². The Hall–Kier alpha value is -0.930. The second-order valence-electron chi connectivity index (χ2n) is 3.87. The largest absolute Gasteiger partial charge is 0.372 e. The molecule has 1 atom stereocenters. The molecular weight excluding hydrogens is 193 g/mol. The average molecular weight is 209 g/mol. The summed E-state index contributed by atoms with van der Waals surface area (Å²) < 4.78 is 18.9. The Labute approximate surface area is 89.4 Å². The fourth-order valence-electron chi connectivity index (χ4n) is 1.79. The summed E-state index contributed by atoms with van der Waals surface area (Å²) in [4.78, 5) is 0. The van der Waals surface area contributed by atoms with Crippen molar-refractivity contribution < 1.29 is 9.13 Å². The van der Waals surface area contributed by atoms with Gasteiger partial charge in [-0.15, -0.1) is 0 Å². The molecule has 3 heteroatoms. The van der Waals surface area contributed by atoms with Crippen molar-refractivity contribution >= 4 is 0 Å². The van der Waals surface area contributed by atoms with Crippen molar-refractivity contribution in [2.24, 2.45) is 0 Å². The van der Waals surface area contributed by atoms with Crippen LogP contribution in [0.3, 0.4) is 0 Å². The molecule has 2 nitrogen and oxygen atoms in total. The van der Waals surface area contributed by atoms with Gasteiger partial charge >= 0.3 is 0 Å². The van der Waals surface area contributed by atoms with Crippen LogP contribution in [-0.2, 0) is 11.3 Å². The van der Waals surface area contributed by atoms with E-state index in [0.717, 1.165) is 25.9 Å². The predicted octanol–water partition coefficient (Wildman–Crippen LogP) is 2.09. The topological polar surface area (TPSA) is 21.3 Å². The van der Waals surface area contributed by atoms with E-state index in [-0.39, 0.29) is 11.9 Å². The highest BCUT2D eigenvalue weighted by Crippen LogP contribution is 2.12. The van der Waals surface area contributed by atoms with Crippen LogP contribution in [0.4, 0.5) is 4.39 Å². The number of piperidine rings is 1. The highest BCUT2D eigenvalue weighted by Gasteiger charge is 2.13. The maximum Gasteiger partial charge on any atom is 0.128 e. The van der Waals surface area contributed by atoms with E-state index in [4.69, 9.17) is 4.74 Å². The molecule has 1 aliphatic rings. The van der Waals surface area contributed by atoms with Gasteiger partial charge in [0.15, 0.2) is 0 Å². The van der Waals surface area contributed by atoms with Gasteiger partial charge in [0.1, 0.15) is 5.82 Å². The third-order valence-corrected chi connectivity index (χ3v) is 2.68. The lowest BCUT2D eigenvalue weighted by molar-refractivity contribution is 0.0239. The lowest BCUT2D eigenvalue weighted by atomic mass is 10.1. The molecule has 0 saturated carbocycles. The molecular formula is C12H16FNO. The van der Waals surface area contributed by atoms with Crippen LogP contribution in [0.5, 0.6) is 0 Å². The predicted molar refractivity (Wildman–Crippen MR) is 57.1 cm³/mol. The van der Waals surface area contributed by atoms with E-state index >= 15 is 0 Å². The summed E-state index contributed by atoms with van der Waals surface area (Å²) in [6.07, 6.45) is 2.45. The summed E-state index contributed by atoms with van der Waals surface area (Å²) >= 11 is 0. The minimum Gasteiger partial charge on any atom is -0.372 e. The molecule has 82 valence electrons. The van der Waals surface area contributed by atoms with Crippen LogP contribution in [0.1, 0.15) is 18.4 Å². The number of halogens is 1. The van der Waals surface area contributed by atoms with Crippen molar-refractivity contribution in [3.05, 3.63) is 35.6 Å². The number of hydrogen-bond donors (Lipinski definition) is 1. The highest BCUT2D eigenvalue weighted by atomic mass is 19.1. The van der Waals surface area contributed by atoms with E-state index in [1.165, 1.54) is 6.07 Å². The molecule has 1 aromatic carbocycles. The van der Waals surface area contributed by atoms with Crippen LogP contribution >= 0.6 is 0 Å². The van der Waals surface area contributed by atoms with E-state index in [9.17, 15) is 4.39 Å². The van der Waals surface area contributed by atoms with Gasteiger partial charge in [0, 0.05) is 12.1 Å². The summed E-state index contributed by atoms with van der Waals surface area (Å²) in [5, 5.41) is 3.27. The average Bonchev–Trinajstić information content (AvgIpc) is 2.29. The smallest absolute Gasteiger partial charge is 0.128 e. The van der Waals surface area contributed by atoms with E-state index < -0.39 is 0 Å². The Morgan fingerprint density at radius 1 is 1.40 bits per heavy atom. The maximum atomic E-state index is 13.2. The normalized spacial score (nSPS) is 21.5. The summed E-state index contributed by atoms with van der Waals surface area (Å²) in [5.41, 5.74) is 0.642. The van der Waals surface area contributed by atoms with Crippen LogP contribution in [0.15, 0.2) is 24.3 Å². The lowest BCUT2D eigenvalue weighted by Gasteiger charge is -2.23. The van der Waals surface area contributed by atoms with Crippen LogP contribution in [-0.4, -0.2) is 19.2 Å². The highest BCUT2D eigenvalue weighted by molar-refractivity contribution is 5.16. The fraction of sp³-hybridized carbons (Fsp3) is 0.500. The lowest BCUT2D eigenvalue weighted by Crippen LogP contribution is -2.35. The van der Waals surface area contributed by atoms with Crippen molar-refractivity contribution in [2.75, 3.05) is 13.1 Å². The molecule has 0 spiro atoms. The molecule has 0 amide bonds. The van der Waals surface area contributed by atoms with Crippen molar-refractivity contribution in [3.8, 4) is 0 Å². The Morgan fingerprint density at radius 3 is 3.00 bits per heavy atom. The van der Waals surface area contributed by atoms with Gasteiger partial charge in [-0.25, -0.2) is 4.39 Å². The molecule has 1 aliphatic heterocycles. The Balaban J connectivity index is 1.84. The van der Waals surface area contributed by atoms with Gasteiger partial charge in [-0.2, -0.15) is 0 Å². The number of rotatable bonds is 3. The van der Waals surface area contributed by atoms with Gasteiger partial charge < -0.3 is 10.1 Å². The molecule has 0 unspecified atom stereocenters. The first kappa shape index (κ1) is 10.6. The summed E-state index contributed by atoms with van der Waals surface area (Å²) in [6.45, 7) is 2.33. The fourth-order valence-corrected chi connectivity index (χ4v) is 1.79. The molecule has 1 saturated heterocycles. The molecule has 15 heavy (non-hydrogen) atoms. The Bertz CT molecular complexity index is 310. The zero-order valence-corrected chi connectivity index (χ0v) is 8.71. The van der Waals surface area contributed by atoms with Crippen LogP contribution in [0.25, 0.3) is 0 Å². The minimum absolute atomic E-state index is 0.179. The van der Waals surface area contributed by atoms with E-state index in [1.54, 1.807) is 12.1 Å². The Kier molecular flexibility index (Phi) is 3.69. The van der Waals surface area contributed by atoms with Crippen molar-refractivity contribution in [2.45, 2.75) is 25.6 Å². The van der Waals surface area contributed by atoms with Gasteiger partial charge in [0.2, 0.25) is 0 Å². The zero-order valence-electron chi connectivity index (χ0n) is 8.71. The maximum absolute atomic E-state index is 13.2. The zero-order chi connectivity index (χ0) is 10.5. The first-order valence-electron chi connectivity index (χ1n) is 5.42. The van der Waals surface area contributed by atoms with E-state index in [2.05, 4.69) is 5.32 Å². The van der Waals surface area contributed by atoms with E-state index in [0.29, 0.717) is 12.2 Å². The third kappa shape index (κ3) is 3.01. The minimum atomic E-state index is -0.179. The van der Waals surface area contributed by atoms with Crippen molar-refractivity contribution in [3.63, 3.8) is 0 Å². The SMILES string of the molecule is Fc1ccccc1CO[C@@H]1CCCNC1. The number of nitrogens with one attached hydrogen (secondary N) is 1. The molecule has 0 bridgehead atoms. The van der Waals surface area contributed by atoms with Crippen molar-refractivity contribution in [1.29, 1.82) is 0 Å². The molecule has 1 heterocycles. The first-order valence-corrected chi connectivity index (χ1v) is 5.42. The second-order valence-corrected chi connectivity index (χ2v) is 3.87. The molecule has 1 aromatic rings. The Morgan fingerprint density at radius 2 is 2.27 bits per heavy atom. The summed E-state index contributed by atoms with van der Waals surface area (Å²) in [7, 11) is 0. The van der Waals surface area contributed by atoms with Gasteiger partial charge in [-0.05, 0) is 25.5 Å². The molecule has 0 aliphatic carbocycles. The molecule has 1 N–H and O–H groups in total. The van der Waals surface area contributed by atoms with Crippen molar-refractivity contribution in [1.82, 2.24) is 5.32 Å². The monoisotopic (exact) mass is 209 g/mol. The van der Waals surface area contributed by atoms with Gasteiger partial charge in [-0.1, -0.05) is 18.2 Å². The first-order chi connectivity index (χ1) is 7.36.